The molecule has 1 saturated carbocycles. The first kappa shape index (κ1) is 12.2. The third-order valence-corrected chi connectivity index (χ3v) is 1.63. The van der Waals surface area contributed by atoms with Crippen molar-refractivity contribution in [3.8, 4) is 0 Å². The Hall–Kier alpha value is -0.810. The van der Waals surface area contributed by atoms with Crippen LogP contribution in [0.15, 0.2) is 0 Å². The Morgan fingerprint density at radius 3 is 2.38 bits per heavy atom. The van der Waals surface area contributed by atoms with E-state index in [1.54, 1.807) is 6.92 Å². The van der Waals surface area contributed by atoms with E-state index >= 15 is 0 Å². The lowest BCUT2D eigenvalue weighted by Crippen LogP contribution is -2.36. The Morgan fingerprint density at radius 1 is 1.46 bits per heavy atom. The lowest BCUT2D eigenvalue weighted by atomic mass is 10.3. The van der Waals surface area contributed by atoms with E-state index in [1.807, 2.05) is 0 Å². The van der Waals surface area contributed by atoms with Gasteiger partial charge in [-0.3, -0.25) is 0 Å². The summed E-state index contributed by atoms with van der Waals surface area (Å²) in [6.45, 7) is 1.81. The van der Waals surface area contributed by atoms with Gasteiger partial charge in [0.05, 0.1) is 6.61 Å². The highest BCUT2D eigenvalue weighted by molar-refractivity contribution is 5.90. The Balaban J connectivity index is 0.00000144. The van der Waals surface area contributed by atoms with Crippen LogP contribution in [-0.4, -0.2) is 24.3 Å². The molecule has 0 saturated heterocycles. The average molecular weight is 210 g/mol. The molecule has 0 bridgehead atoms. The zero-order valence-electron chi connectivity index (χ0n) is 7.24. The summed E-state index contributed by atoms with van der Waals surface area (Å²) in [5, 5.41) is 0. The topological polar surface area (TPSA) is 78.6 Å². The Morgan fingerprint density at radius 2 is 2.00 bits per heavy atom. The van der Waals surface area contributed by atoms with E-state index in [2.05, 4.69) is 9.47 Å². The van der Waals surface area contributed by atoms with Gasteiger partial charge in [0.25, 0.3) is 0 Å². The van der Waals surface area contributed by atoms with Crippen LogP contribution >= 0.6 is 12.4 Å². The van der Waals surface area contributed by atoms with Crippen molar-refractivity contribution in [2.24, 2.45) is 5.73 Å². The van der Waals surface area contributed by atoms with Crippen molar-refractivity contribution >= 4 is 24.5 Å². The summed E-state index contributed by atoms with van der Waals surface area (Å²) in [7, 11) is 0. The minimum Gasteiger partial charge on any atom is -0.434 e. The number of halogens is 1. The van der Waals surface area contributed by atoms with E-state index in [9.17, 15) is 9.59 Å². The monoisotopic (exact) mass is 209 g/mol. The van der Waals surface area contributed by atoms with Crippen molar-refractivity contribution in [2.75, 3.05) is 6.61 Å². The predicted octanol–water partition coefficient (Wildman–Crippen LogP) is 0.599. The summed E-state index contributed by atoms with van der Waals surface area (Å²) in [6, 6.07) is 0. The SMILES string of the molecule is CCOC(=O)OC(=O)C1(N)CC1.Cl. The fourth-order valence-corrected chi connectivity index (χ4v) is 0.663. The number of nitrogens with two attached hydrogens (primary N) is 1. The van der Waals surface area contributed by atoms with Crippen LogP contribution in [0.25, 0.3) is 0 Å². The normalized spacial score (nSPS) is 16.8. The van der Waals surface area contributed by atoms with Gasteiger partial charge < -0.3 is 15.2 Å². The van der Waals surface area contributed by atoms with Gasteiger partial charge in [-0.1, -0.05) is 0 Å². The predicted molar refractivity (Wildman–Crippen MR) is 46.5 cm³/mol. The Kier molecular flexibility index (Phi) is 4.16. The standard InChI is InChI=1S/C7H11NO4.ClH/c1-2-11-6(10)12-5(9)7(8)3-4-7;/h2-4,8H2,1H3;1H. The van der Waals surface area contributed by atoms with Crippen LogP contribution in [0.4, 0.5) is 4.79 Å². The van der Waals surface area contributed by atoms with Gasteiger partial charge in [-0.25, -0.2) is 9.59 Å². The summed E-state index contributed by atoms with van der Waals surface area (Å²) in [5.41, 5.74) is 4.53. The van der Waals surface area contributed by atoms with E-state index < -0.39 is 17.7 Å². The third kappa shape index (κ3) is 3.20. The molecular formula is C7H12ClNO4. The summed E-state index contributed by atoms with van der Waals surface area (Å²) >= 11 is 0. The first-order valence-corrected chi connectivity index (χ1v) is 3.76. The van der Waals surface area contributed by atoms with Crippen LogP contribution in [-0.2, 0) is 14.3 Å². The zero-order valence-corrected chi connectivity index (χ0v) is 8.06. The van der Waals surface area contributed by atoms with E-state index in [1.165, 1.54) is 0 Å². The maximum absolute atomic E-state index is 11.0. The van der Waals surface area contributed by atoms with Crippen molar-refractivity contribution in [3.63, 3.8) is 0 Å². The van der Waals surface area contributed by atoms with Crippen LogP contribution in [0.5, 0.6) is 0 Å². The minimum absolute atomic E-state index is 0. The maximum Gasteiger partial charge on any atom is 0.516 e. The van der Waals surface area contributed by atoms with Gasteiger partial charge in [-0.15, -0.1) is 12.4 Å². The zero-order chi connectivity index (χ0) is 9.19. The molecular weight excluding hydrogens is 198 g/mol. The molecule has 0 aromatic rings. The quantitative estimate of drug-likeness (QED) is 0.532. The average Bonchev–Trinajstić information content (AvgIpc) is 2.69. The molecule has 0 aromatic carbocycles. The first-order valence-electron chi connectivity index (χ1n) is 3.76. The van der Waals surface area contributed by atoms with Crippen molar-refractivity contribution in [1.29, 1.82) is 0 Å². The Labute approximate surface area is 82.0 Å². The maximum atomic E-state index is 11.0. The van der Waals surface area contributed by atoms with Crippen molar-refractivity contribution in [1.82, 2.24) is 0 Å². The molecule has 1 rings (SSSR count). The highest BCUT2D eigenvalue weighted by Crippen LogP contribution is 2.33. The molecule has 0 unspecified atom stereocenters. The number of carbonyl (C=O) groups excluding carboxylic acids is 2. The van der Waals surface area contributed by atoms with Crippen LogP contribution in [0.2, 0.25) is 0 Å². The lowest BCUT2D eigenvalue weighted by molar-refractivity contribution is -0.142. The second-order valence-electron chi connectivity index (χ2n) is 2.73. The smallest absolute Gasteiger partial charge is 0.434 e. The minimum atomic E-state index is -0.973. The fraction of sp³-hybridized carbons (Fsp3) is 0.714. The number of hydrogen-bond donors (Lipinski definition) is 1. The molecule has 1 fully saturated rings. The van der Waals surface area contributed by atoms with Crippen LogP contribution < -0.4 is 5.73 Å². The lowest BCUT2D eigenvalue weighted by Gasteiger charge is -2.06. The van der Waals surface area contributed by atoms with Gasteiger partial charge in [-0.2, -0.15) is 0 Å². The van der Waals surface area contributed by atoms with Gasteiger partial charge in [0.2, 0.25) is 0 Å². The second-order valence-corrected chi connectivity index (χ2v) is 2.73. The van der Waals surface area contributed by atoms with Crippen LogP contribution in [0.3, 0.4) is 0 Å². The van der Waals surface area contributed by atoms with Crippen LogP contribution in [0.1, 0.15) is 19.8 Å². The molecule has 0 heterocycles. The van der Waals surface area contributed by atoms with Gasteiger partial charge in [0, 0.05) is 0 Å². The third-order valence-electron chi connectivity index (χ3n) is 1.63. The molecule has 0 amide bonds. The Bertz CT molecular complexity index is 215. The highest BCUT2D eigenvalue weighted by atomic mass is 35.5. The second kappa shape index (κ2) is 4.43. The molecule has 0 atom stereocenters. The highest BCUT2D eigenvalue weighted by Gasteiger charge is 2.48. The summed E-state index contributed by atoms with van der Waals surface area (Å²) < 4.78 is 8.69. The number of carbonyl (C=O) groups is 2. The molecule has 5 nitrogen and oxygen atoms in total. The molecule has 1 aliphatic carbocycles. The van der Waals surface area contributed by atoms with Crippen molar-refractivity contribution < 1.29 is 19.1 Å². The molecule has 0 radical (unpaired) electrons. The van der Waals surface area contributed by atoms with Crippen molar-refractivity contribution in [3.05, 3.63) is 0 Å². The first-order chi connectivity index (χ1) is 5.58. The van der Waals surface area contributed by atoms with Crippen LogP contribution in [0, 0.1) is 0 Å². The number of hydrogen-bond acceptors (Lipinski definition) is 5. The van der Waals surface area contributed by atoms with Crippen molar-refractivity contribution in [2.45, 2.75) is 25.3 Å². The molecule has 76 valence electrons. The summed E-state index contributed by atoms with van der Waals surface area (Å²) in [6.07, 6.45) is 0.176. The van der Waals surface area contributed by atoms with E-state index in [-0.39, 0.29) is 19.0 Å². The summed E-state index contributed by atoms with van der Waals surface area (Å²) in [5.74, 6) is -0.694. The van der Waals surface area contributed by atoms with E-state index in [4.69, 9.17) is 5.73 Å². The van der Waals surface area contributed by atoms with E-state index in [0.717, 1.165) is 0 Å². The largest absolute Gasteiger partial charge is 0.516 e. The van der Waals surface area contributed by atoms with Gasteiger partial charge in [0.15, 0.2) is 0 Å². The number of esters is 1. The van der Waals surface area contributed by atoms with E-state index in [0.29, 0.717) is 12.8 Å². The van der Waals surface area contributed by atoms with Gasteiger partial charge in [0.1, 0.15) is 5.54 Å². The molecule has 0 spiro atoms. The molecule has 0 aromatic heterocycles. The molecule has 1 aliphatic rings. The molecule has 0 aliphatic heterocycles. The summed E-state index contributed by atoms with van der Waals surface area (Å²) in [4.78, 5) is 21.6. The fourth-order valence-electron chi connectivity index (χ4n) is 0.663. The van der Waals surface area contributed by atoms with Gasteiger partial charge in [-0.05, 0) is 19.8 Å². The van der Waals surface area contributed by atoms with Gasteiger partial charge >= 0.3 is 12.1 Å². The number of ether oxygens (including phenoxy) is 2. The number of rotatable bonds is 2. The molecule has 2 N–H and O–H groups in total. The molecule has 6 heteroatoms. The molecule has 13 heavy (non-hydrogen) atoms.